The fraction of sp³-hybridized carbons (Fsp3) is 0.450. The lowest BCUT2D eigenvalue weighted by Gasteiger charge is -2.09. The minimum atomic E-state index is -0.398. The third-order valence-corrected chi connectivity index (χ3v) is 4.70. The molecule has 0 fully saturated rings. The molecule has 0 atom stereocenters. The molecule has 0 bridgehead atoms. The Morgan fingerprint density at radius 2 is 2.07 bits per heavy atom. The van der Waals surface area contributed by atoms with E-state index in [2.05, 4.69) is 15.7 Å². The van der Waals surface area contributed by atoms with E-state index in [1.165, 1.54) is 12.1 Å². The Hall–Kier alpha value is -2.49. The lowest BCUT2D eigenvalue weighted by molar-refractivity contribution is -0.123. The van der Waals surface area contributed by atoms with Crippen molar-refractivity contribution in [3.8, 4) is 0 Å². The van der Waals surface area contributed by atoms with Crippen LogP contribution in [-0.4, -0.2) is 54.1 Å². The third kappa shape index (κ3) is 8.48. The predicted octanol–water partition coefficient (Wildman–Crippen LogP) is 2.09. The molecule has 0 radical (unpaired) electrons. The molecule has 1 amide bonds. The van der Waals surface area contributed by atoms with Crippen molar-refractivity contribution in [2.45, 2.75) is 33.4 Å². The van der Waals surface area contributed by atoms with Crippen LogP contribution < -0.4 is 10.6 Å². The van der Waals surface area contributed by atoms with Gasteiger partial charge < -0.3 is 20.5 Å². The van der Waals surface area contributed by atoms with Crippen LogP contribution in [0.3, 0.4) is 0 Å². The zero-order valence-electron chi connectivity index (χ0n) is 17.4. The molecular weight excluding hydrogens is 415 g/mol. The van der Waals surface area contributed by atoms with Gasteiger partial charge in [0.1, 0.15) is 5.82 Å². The lowest BCUT2D eigenvalue weighted by Crippen LogP contribution is -2.25. The maximum Gasteiger partial charge on any atom is 0.290 e. The molecule has 1 heterocycles. The fourth-order valence-electron chi connectivity index (χ4n) is 2.77. The van der Waals surface area contributed by atoms with Gasteiger partial charge >= 0.3 is 0 Å². The normalized spacial score (nSPS) is 10.3. The highest BCUT2D eigenvalue weighted by Crippen LogP contribution is 2.17. The summed E-state index contributed by atoms with van der Waals surface area (Å²) in [5.74, 6) is -0.523. The molecule has 0 spiro atoms. The van der Waals surface area contributed by atoms with Crippen molar-refractivity contribution in [2.24, 2.45) is 0 Å². The first-order chi connectivity index (χ1) is 14.3. The molecule has 0 aliphatic carbocycles. The number of aryl methyl sites for hydroxylation is 1. The summed E-state index contributed by atoms with van der Waals surface area (Å²) < 4.78 is 20.0. The first-order valence-electron chi connectivity index (χ1n) is 9.35. The summed E-state index contributed by atoms with van der Waals surface area (Å²) in [7, 11) is 1.67. The largest absolute Gasteiger partial charge is 0.483 e. The summed E-state index contributed by atoms with van der Waals surface area (Å²) >= 11 is 5.99. The number of rotatable bonds is 10. The van der Waals surface area contributed by atoms with Crippen LogP contribution in [0.1, 0.15) is 22.5 Å². The van der Waals surface area contributed by atoms with Gasteiger partial charge in [0.25, 0.3) is 6.47 Å². The standard InChI is InChI=1S/C19H26ClFN4O2.CH2O2/c1-13-17(14(2)25(24-13)8-6-22-7-9-27-3)11-19(26)23-12-15-4-5-16(21)10-18(15)20;2-1-3/h4-5,10,22H,6-9,11-12H2,1-3H3,(H,23,26);1H,(H,2,3). The number of benzene rings is 1. The maximum absolute atomic E-state index is 13.1. The summed E-state index contributed by atoms with van der Waals surface area (Å²) in [4.78, 5) is 20.7. The molecule has 2 aromatic rings. The number of hydrogen-bond acceptors (Lipinski definition) is 5. The van der Waals surface area contributed by atoms with Gasteiger partial charge in [-0.3, -0.25) is 14.3 Å². The molecule has 0 unspecified atom stereocenters. The van der Waals surface area contributed by atoms with Crippen LogP contribution in [0.2, 0.25) is 5.02 Å². The van der Waals surface area contributed by atoms with Gasteiger partial charge in [0.05, 0.1) is 25.3 Å². The average molecular weight is 443 g/mol. The number of hydrogen-bond donors (Lipinski definition) is 3. The number of amides is 1. The van der Waals surface area contributed by atoms with Crippen molar-refractivity contribution in [2.75, 3.05) is 26.8 Å². The fourth-order valence-corrected chi connectivity index (χ4v) is 3.01. The van der Waals surface area contributed by atoms with Gasteiger partial charge in [0, 0.05) is 43.0 Å². The Kier molecular flexibility index (Phi) is 11.7. The Bertz CT molecular complexity index is 829. The summed E-state index contributed by atoms with van der Waals surface area (Å²) in [5.41, 5.74) is 3.43. The molecule has 10 heteroatoms. The van der Waals surface area contributed by atoms with E-state index >= 15 is 0 Å². The molecular formula is C20H28ClFN4O4. The van der Waals surface area contributed by atoms with E-state index in [0.717, 1.165) is 36.6 Å². The van der Waals surface area contributed by atoms with Crippen LogP contribution in [-0.2, 0) is 33.8 Å². The molecule has 166 valence electrons. The van der Waals surface area contributed by atoms with Crippen molar-refractivity contribution >= 4 is 24.0 Å². The number of nitrogens with one attached hydrogen (secondary N) is 2. The van der Waals surface area contributed by atoms with E-state index in [-0.39, 0.29) is 25.3 Å². The third-order valence-electron chi connectivity index (χ3n) is 4.34. The second-order valence-corrected chi connectivity index (χ2v) is 6.82. The van der Waals surface area contributed by atoms with E-state index < -0.39 is 5.82 Å². The highest BCUT2D eigenvalue weighted by Gasteiger charge is 2.15. The number of methoxy groups -OCH3 is 1. The average Bonchev–Trinajstić information content (AvgIpc) is 2.95. The molecule has 2 rings (SSSR count). The van der Waals surface area contributed by atoms with E-state index in [1.807, 2.05) is 18.5 Å². The second-order valence-electron chi connectivity index (χ2n) is 6.41. The number of carbonyl (C=O) groups excluding carboxylic acids is 1. The highest BCUT2D eigenvalue weighted by atomic mass is 35.5. The van der Waals surface area contributed by atoms with Gasteiger partial charge in [-0.15, -0.1) is 0 Å². The Labute approximate surface area is 180 Å². The van der Waals surface area contributed by atoms with Gasteiger partial charge in [-0.2, -0.15) is 5.10 Å². The van der Waals surface area contributed by atoms with E-state index in [9.17, 15) is 9.18 Å². The SMILES string of the molecule is COCCNCCn1nc(C)c(CC(=O)NCc2ccc(F)cc2Cl)c1C.O=CO. The Morgan fingerprint density at radius 3 is 2.70 bits per heavy atom. The van der Waals surface area contributed by atoms with Crippen molar-refractivity contribution in [3.05, 3.63) is 51.6 Å². The van der Waals surface area contributed by atoms with Crippen molar-refractivity contribution < 1.29 is 23.8 Å². The number of halogens is 2. The Balaban J connectivity index is 0.00000141. The topological polar surface area (TPSA) is 105 Å². The number of nitrogens with zero attached hydrogens (tertiary/aromatic N) is 2. The monoisotopic (exact) mass is 442 g/mol. The first-order valence-corrected chi connectivity index (χ1v) is 9.72. The molecule has 0 aliphatic rings. The van der Waals surface area contributed by atoms with Crippen LogP contribution in [0.5, 0.6) is 0 Å². The van der Waals surface area contributed by atoms with Crippen molar-refractivity contribution in [1.82, 2.24) is 20.4 Å². The van der Waals surface area contributed by atoms with E-state index in [1.54, 1.807) is 13.2 Å². The minimum Gasteiger partial charge on any atom is -0.483 e. The number of aromatic nitrogens is 2. The van der Waals surface area contributed by atoms with Crippen LogP contribution >= 0.6 is 11.6 Å². The molecule has 0 saturated carbocycles. The van der Waals surface area contributed by atoms with Crippen LogP contribution in [0.4, 0.5) is 4.39 Å². The first kappa shape index (κ1) is 25.5. The van der Waals surface area contributed by atoms with E-state index in [4.69, 9.17) is 26.2 Å². The zero-order valence-corrected chi connectivity index (χ0v) is 18.1. The molecule has 8 nitrogen and oxygen atoms in total. The van der Waals surface area contributed by atoms with Gasteiger partial charge in [0.15, 0.2) is 0 Å². The van der Waals surface area contributed by atoms with Gasteiger partial charge in [-0.25, -0.2) is 4.39 Å². The van der Waals surface area contributed by atoms with Crippen LogP contribution in [0.15, 0.2) is 18.2 Å². The number of carbonyl (C=O) groups is 2. The maximum atomic E-state index is 13.1. The van der Waals surface area contributed by atoms with Gasteiger partial charge in [-0.05, 0) is 31.5 Å². The van der Waals surface area contributed by atoms with Crippen molar-refractivity contribution in [3.63, 3.8) is 0 Å². The van der Waals surface area contributed by atoms with Crippen LogP contribution in [0.25, 0.3) is 0 Å². The molecule has 1 aromatic carbocycles. The zero-order chi connectivity index (χ0) is 22.5. The Morgan fingerprint density at radius 1 is 1.37 bits per heavy atom. The summed E-state index contributed by atoms with van der Waals surface area (Å²) in [6.45, 7) is 6.84. The summed E-state index contributed by atoms with van der Waals surface area (Å²) in [5, 5.41) is 17.8. The molecule has 0 aliphatic heterocycles. The van der Waals surface area contributed by atoms with E-state index in [0.29, 0.717) is 17.2 Å². The molecule has 1 aromatic heterocycles. The highest BCUT2D eigenvalue weighted by molar-refractivity contribution is 6.31. The van der Waals surface area contributed by atoms with Gasteiger partial charge in [-0.1, -0.05) is 17.7 Å². The van der Waals surface area contributed by atoms with Crippen LogP contribution in [0, 0.1) is 19.7 Å². The van der Waals surface area contributed by atoms with Gasteiger partial charge in [0.2, 0.25) is 5.91 Å². The second kappa shape index (κ2) is 13.7. The lowest BCUT2D eigenvalue weighted by atomic mass is 10.1. The smallest absolute Gasteiger partial charge is 0.290 e. The molecule has 30 heavy (non-hydrogen) atoms. The molecule has 3 N–H and O–H groups in total. The quantitative estimate of drug-likeness (QED) is 0.384. The summed E-state index contributed by atoms with van der Waals surface area (Å²) in [6, 6.07) is 4.14. The number of ether oxygens (including phenoxy) is 1. The summed E-state index contributed by atoms with van der Waals surface area (Å²) in [6.07, 6.45) is 0.244. The number of carboxylic acid groups (broad SMARTS) is 1. The molecule has 0 saturated heterocycles. The minimum absolute atomic E-state index is 0.126. The van der Waals surface area contributed by atoms with Crippen molar-refractivity contribution in [1.29, 1.82) is 0 Å². The predicted molar refractivity (Wildman–Crippen MR) is 112 cm³/mol.